The van der Waals surface area contributed by atoms with E-state index in [9.17, 15) is 0 Å². The van der Waals surface area contributed by atoms with Gasteiger partial charge in [0.1, 0.15) is 0 Å². The summed E-state index contributed by atoms with van der Waals surface area (Å²) < 4.78 is 0. The molecule has 17 heavy (non-hydrogen) atoms. The van der Waals surface area contributed by atoms with E-state index in [4.69, 9.17) is 0 Å². The van der Waals surface area contributed by atoms with Crippen LogP contribution in [0.2, 0.25) is 0 Å². The fourth-order valence-electron chi connectivity index (χ4n) is 1.72. The SMILES string of the molecule is CNCc1ccc(N(C)Cc2cscn2)cc1. The van der Waals surface area contributed by atoms with Gasteiger partial charge in [0.2, 0.25) is 0 Å². The van der Waals surface area contributed by atoms with Gasteiger partial charge in [0.05, 0.1) is 17.7 Å². The minimum atomic E-state index is 0.856. The summed E-state index contributed by atoms with van der Waals surface area (Å²) >= 11 is 1.64. The highest BCUT2D eigenvalue weighted by Gasteiger charge is 2.03. The molecular weight excluding hydrogens is 230 g/mol. The summed E-state index contributed by atoms with van der Waals surface area (Å²) in [7, 11) is 4.05. The normalized spacial score (nSPS) is 10.5. The first-order valence-electron chi connectivity index (χ1n) is 5.61. The number of thiazole rings is 1. The highest BCUT2D eigenvalue weighted by molar-refractivity contribution is 7.07. The van der Waals surface area contributed by atoms with Crippen LogP contribution in [0.5, 0.6) is 0 Å². The maximum absolute atomic E-state index is 4.30. The summed E-state index contributed by atoms with van der Waals surface area (Å²) in [6, 6.07) is 8.62. The van der Waals surface area contributed by atoms with Crippen LogP contribution in [0.3, 0.4) is 0 Å². The zero-order valence-corrected chi connectivity index (χ0v) is 11.0. The lowest BCUT2D eigenvalue weighted by atomic mass is 10.2. The van der Waals surface area contributed by atoms with E-state index in [-0.39, 0.29) is 0 Å². The Hall–Kier alpha value is -1.39. The number of hydrogen-bond donors (Lipinski definition) is 1. The Labute approximate surface area is 106 Å². The molecule has 0 aliphatic heterocycles. The van der Waals surface area contributed by atoms with E-state index < -0.39 is 0 Å². The third kappa shape index (κ3) is 3.28. The van der Waals surface area contributed by atoms with E-state index in [1.165, 1.54) is 11.3 Å². The van der Waals surface area contributed by atoms with Crippen LogP contribution in [-0.4, -0.2) is 19.1 Å². The van der Waals surface area contributed by atoms with Gasteiger partial charge in [-0.1, -0.05) is 12.1 Å². The Morgan fingerprint density at radius 3 is 2.65 bits per heavy atom. The molecule has 0 aliphatic carbocycles. The number of nitrogens with zero attached hydrogens (tertiary/aromatic N) is 2. The number of anilines is 1. The Balaban J connectivity index is 2.01. The number of nitrogens with one attached hydrogen (secondary N) is 1. The number of benzene rings is 1. The molecule has 0 unspecified atom stereocenters. The van der Waals surface area contributed by atoms with Crippen LogP contribution in [0.25, 0.3) is 0 Å². The predicted octanol–water partition coefficient (Wildman–Crippen LogP) is 2.50. The van der Waals surface area contributed by atoms with E-state index in [0.29, 0.717) is 0 Å². The lowest BCUT2D eigenvalue weighted by Gasteiger charge is -2.18. The first-order valence-corrected chi connectivity index (χ1v) is 6.55. The van der Waals surface area contributed by atoms with Crippen molar-refractivity contribution in [2.24, 2.45) is 0 Å². The topological polar surface area (TPSA) is 28.2 Å². The van der Waals surface area contributed by atoms with Crippen molar-refractivity contribution in [3.05, 3.63) is 46.4 Å². The summed E-state index contributed by atoms with van der Waals surface area (Å²) in [5.41, 5.74) is 5.52. The van der Waals surface area contributed by atoms with Crippen LogP contribution in [0.15, 0.2) is 35.2 Å². The summed E-state index contributed by atoms with van der Waals surface area (Å²) in [5.74, 6) is 0. The average molecular weight is 247 g/mol. The summed E-state index contributed by atoms with van der Waals surface area (Å²) in [6.07, 6.45) is 0. The lowest BCUT2D eigenvalue weighted by Crippen LogP contribution is -2.16. The molecule has 0 fully saturated rings. The Morgan fingerprint density at radius 2 is 2.06 bits per heavy atom. The van der Waals surface area contributed by atoms with Gasteiger partial charge in [0.15, 0.2) is 0 Å². The van der Waals surface area contributed by atoms with Crippen molar-refractivity contribution in [3.63, 3.8) is 0 Å². The molecule has 0 bridgehead atoms. The second kappa shape index (κ2) is 5.80. The van der Waals surface area contributed by atoms with E-state index >= 15 is 0 Å². The fraction of sp³-hybridized carbons (Fsp3) is 0.308. The minimum Gasteiger partial charge on any atom is -0.369 e. The van der Waals surface area contributed by atoms with Crippen molar-refractivity contribution >= 4 is 17.0 Å². The van der Waals surface area contributed by atoms with Gasteiger partial charge in [0, 0.05) is 24.7 Å². The predicted molar refractivity (Wildman–Crippen MR) is 73.4 cm³/mol. The fourth-order valence-corrected chi connectivity index (χ4v) is 2.27. The number of rotatable bonds is 5. The van der Waals surface area contributed by atoms with Crippen molar-refractivity contribution in [1.82, 2.24) is 10.3 Å². The van der Waals surface area contributed by atoms with Crippen LogP contribution in [0.1, 0.15) is 11.3 Å². The molecule has 1 aromatic carbocycles. The van der Waals surface area contributed by atoms with Gasteiger partial charge in [-0.2, -0.15) is 0 Å². The number of hydrogen-bond acceptors (Lipinski definition) is 4. The highest BCUT2D eigenvalue weighted by Crippen LogP contribution is 2.16. The standard InChI is InChI=1S/C13H17N3S/c1-14-7-11-3-5-13(6-4-11)16(2)8-12-9-17-10-15-12/h3-6,9-10,14H,7-8H2,1-2H3. The first-order chi connectivity index (χ1) is 8.29. The molecule has 2 aromatic rings. The molecule has 0 atom stereocenters. The Morgan fingerprint density at radius 1 is 1.29 bits per heavy atom. The van der Waals surface area contributed by atoms with Gasteiger partial charge in [-0.25, -0.2) is 4.98 Å². The maximum Gasteiger partial charge on any atom is 0.0795 e. The quantitative estimate of drug-likeness (QED) is 0.880. The number of aromatic nitrogens is 1. The molecule has 0 saturated carbocycles. The van der Waals surface area contributed by atoms with E-state index in [1.807, 2.05) is 12.6 Å². The molecule has 3 nitrogen and oxygen atoms in total. The zero-order chi connectivity index (χ0) is 12.1. The third-order valence-corrected chi connectivity index (χ3v) is 3.28. The smallest absolute Gasteiger partial charge is 0.0795 e. The van der Waals surface area contributed by atoms with Crippen LogP contribution >= 0.6 is 11.3 Å². The molecular formula is C13H17N3S. The zero-order valence-electron chi connectivity index (χ0n) is 10.2. The van der Waals surface area contributed by atoms with Crippen molar-refractivity contribution in [1.29, 1.82) is 0 Å². The van der Waals surface area contributed by atoms with Crippen LogP contribution in [0, 0.1) is 0 Å². The molecule has 1 heterocycles. The second-order valence-corrected chi connectivity index (χ2v) is 4.75. The molecule has 1 N–H and O–H groups in total. The maximum atomic E-state index is 4.30. The molecule has 1 aromatic heterocycles. The molecule has 2 rings (SSSR count). The largest absolute Gasteiger partial charge is 0.369 e. The minimum absolute atomic E-state index is 0.856. The van der Waals surface area contributed by atoms with Gasteiger partial charge >= 0.3 is 0 Å². The second-order valence-electron chi connectivity index (χ2n) is 4.03. The summed E-state index contributed by atoms with van der Waals surface area (Å²) in [5, 5.41) is 5.24. The van der Waals surface area contributed by atoms with E-state index in [2.05, 4.69) is 51.9 Å². The molecule has 0 aliphatic rings. The average Bonchev–Trinajstić information content (AvgIpc) is 2.83. The third-order valence-electron chi connectivity index (χ3n) is 2.64. The van der Waals surface area contributed by atoms with Crippen molar-refractivity contribution in [2.75, 3.05) is 19.0 Å². The molecule has 4 heteroatoms. The van der Waals surface area contributed by atoms with Crippen LogP contribution in [0.4, 0.5) is 5.69 Å². The van der Waals surface area contributed by atoms with Crippen LogP contribution < -0.4 is 10.2 Å². The van der Waals surface area contributed by atoms with Crippen molar-refractivity contribution < 1.29 is 0 Å². The summed E-state index contributed by atoms with van der Waals surface area (Å²) in [4.78, 5) is 6.50. The Bertz CT molecular complexity index is 436. The lowest BCUT2D eigenvalue weighted by molar-refractivity contribution is 0.817. The van der Waals surface area contributed by atoms with E-state index in [0.717, 1.165) is 18.8 Å². The van der Waals surface area contributed by atoms with Crippen molar-refractivity contribution in [2.45, 2.75) is 13.1 Å². The van der Waals surface area contributed by atoms with Gasteiger partial charge in [-0.3, -0.25) is 0 Å². The van der Waals surface area contributed by atoms with Gasteiger partial charge < -0.3 is 10.2 Å². The van der Waals surface area contributed by atoms with Gasteiger partial charge in [0.25, 0.3) is 0 Å². The highest BCUT2D eigenvalue weighted by atomic mass is 32.1. The summed E-state index contributed by atoms with van der Waals surface area (Å²) in [6.45, 7) is 1.77. The Kier molecular flexibility index (Phi) is 4.12. The first kappa shape index (κ1) is 12.1. The van der Waals surface area contributed by atoms with Gasteiger partial charge in [-0.15, -0.1) is 11.3 Å². The van der Waals surface area contributed by atoms with Gasteiger partial charge in [-0.05, 0) is 24.7 Å². The molecule has 0 amide bonds. The molecule has 0 saturated heterocycles. The van der Waals surface area contributed by atoms with Crippen molar-refractivity contribution in [3.8, 4) is 0 Å². The molecule has 0 spiro atoms. The monoisotopic (exact) mass is 247 g/mol. The molecule has 0 radical (unpaired) electrons. The van der Waals surface area contributed by atoms with E-state index in [1.54, 1.807) is 11.3 Å². The van der Waals surface area contributed by atoms with Crippen LogP contribution in [-0.2, 0) is 13.1 Å². The molecule has 90 valence electrons.